The molecule has 0 aromatic heterocycles. The van der Waals surface area contributed by atoms with E-state index in [-0.39, 0.29) is 0 Å². The molecule has 126 valence electrons. The topological polar surface area (TPSA) is 8.88 Å². The molecule has 1 aliphatic rings. The molecule has 1 fully saturated rings. The molecule has 0 bridgehead atoms. The molecular formula is C22H30N2+2. The Labute approximate surface area is 146 Å². The van der Waals surface area contributed by atoms with E-state index in [1.54, 1.807) is 9.80 Å². The first-order valence-electron chi connectivity index (χ1n) is 9.25. The first-order valence-corrected chi connectivity index (χ1v) is 9.25. The second-order valence-corrected chi connectivity index (χ2v) is 7.03. The number of hydrogen-bond acceptors (Lipinski definition) is 0. The van der Waals surface area contributed by atoms with Gasteiger partial charge < -0.3 is 9.80 Å². The molecule has 1 heterocycles. The van der Waals surface area contributed by atoms with E-state index in [0.29, 0.717) is 5.92 Å². The van der Waals surface area contributed by atoms with Crippen molar-refractivity contribution in [3.8, 4) is 0 Å². The first-order chi connectivity index (χ1) is 11.8. The van der Waals surface area contributed by atoms with Crippen LogP contribution in [0.2, 0.25) is 0 Å². The molecule has 2 heteroatoms. The number of hydrogen-bond donors (Lipinski definition) is 2. The molecule has 2 nitrogen and oxygen atoms in total. The molecule has 2 aromatic carbocycles. The van der Waals surface area contributed by atoms with E-state index < -0.39 is 0 Å². The van der Waals surface area contributed by atoms with Crippen molar-refractivity contribution in [3.63, 3.8) is 0 Å². The Balaban J connectivity index is 1.40. The Bertz CT molecular complexity index is 613. The molecule has 2 aromatic rings. The molecule has 0 amide bonds. The van der Waals surface area contributed by atoms with Gasteiger partial charge in [-0.2, -0.15) is 0 Å². The minimum absolute atomic E-state index is 0.653. The van der Waals surface area contributed by atoms with Gasteiger partial charge in [0.25, 0.3) is 0 Å². The Morgan fingerprint density at radius 1 is 0.833 bits per heavy atom. The fourth-order valence-corrected chi connectivity index (χ4v) is 3.62. The summed E-state index contributed by atoms with van der Waals surface area (Å²) in [6.45, 7) is 9.95. The quantitative estimate of drug-likeness (QED) is 0.793. The molecular weight excluding hydrogens is 292 g/mol. The van der Waals surface area contributed by atoms with Crippen LogP contribution >= 0.6 is 0 Å². The highest BCUT2D eigenvalue weighted by molar-refractivity contribution is 5.48. The van der Waals surface area contributed by atoms with Crippen LogP contribution < -0.4 is 9.80 Å². The van der Waals surface area contributed by atoms with Crippen LogP contribution in [0.1, 0.15) is 24.0 Å². The highest BCUT2D eigenvalue weighted by Gasteiger charge is 2.23. The summed E-state index contributed by atoms with van der Waals surface area (Å²) < 4.78 is 0. The Morgan fingerprint density at radius 3 is 2.08 bits per heavy atom. The van der Waals surface area contributed by atoms with Crippen molar-refractivity contribution < 1.29 is 9.80 Å². The van der Waals surface area contributed by atoms with Crippen LogP contribution in [0.5, 0.6) is 0 Å². The van der Waals surface area contributed by atoms with Crippen molar-refractivity contribution in [1.29, 1.82) is 0 Å². The third-order valence-corrected chi connectivity index (χ3v) is 5.14. The molecule has 0 saturated carbocycles. The van der Waals surface area contributed by atoms with E-state index in [9.17, 15) is 0 Å². The maximum absolute atomic E-state index is 2.37. The van der Waals surface area contributed by atoms with Crippen molar-refractivity contribution >= 4 is 6.08 Å². The largest absolute Gasteiger partial charge is 0.325 e. The minimum Gasteiger partial charge on any atom is -0.325 e. The monoisotopic (exact) mass is 322 g/mol. The lowest BCUT2D eigenvalue weighted by Gasteiger charge is -2.30. The van der Waals surface area contributed by atoms with Gasteiger partial charge >= 0.3 is 0 Å². The Hall–Kier alpha value is -1.90. The van der Waals surface area contributed by atoms with E-state index in [4.69, 9.17) is 0 Å². The zero-order valence-electron chi connectivity index (χ0n) is 14.7. The van der Waals surface area contributed by atoms with Crippen molar-refractivity contribution in [3.05, 3.63) is 77.9 Å². The number of rotatable bonds is 6. The summed E-state index contributed by atoms with van der Waals surface area (Å²) in [5.74, 6) is 0.653. The van der Waals surface area contributed by atoms with Gasteiger partial charge in [0.2, 0.25) is 0 Å². The van der Waals surface area contributed by atoms with Crippen LogP contribution in [0, 0.1) is 0 Å². The van der Waals surface area contributed by atoms with E-state index >= 15 is 0 Å². The van der Waals surface area contributed by atoms with Gasteiger partial charge in [-0.05, 0) is 17.2 Å². The zero-order valence-corrected chi connectivity index (χ0v) is 14.7. The van der Waals surface area contributed by atoms with Gasteiger partial charge in [-0.25, -0.2) is 0 Å². The highest BCUT2D eigenvalue weighted by atomic mass is 15.3. The van der Waals surface area contributed by atoms with Gasteiger partial charge in [0, 0.05) is 5.92 Å². The molecule has 0 spiro atoms. The lowest BCUT2D eigenvalue weighted by atomic mass is 10.0. The molecule has 3 rings (SSSR count). The Kier molecular flexibility index (Phi) is 6.22. The maximum Gasteiger partial charge on any atom is 0.127 e. The smallest absolute Gasteiger partial charge is 0.127 e. The van der Waals surface area contributed by atoms with Crippen LogP contribution in [0.25, 0.3) is 6.08 Å². The number of nitrogens with one attached hydrogen (secondary N) is 2. The average Bonchev–Trinajstić information content (AvgIpc) is 2.65. The van der Waals surface area contributed by atoms with Crippen LogP contribution in [0.4, 0.5) is 0 Å². The lowest BCUT2D eigenvalue weighted by Crippen LogP contribution is -3.28. The third-order valence-electron chi connectivity index (χ3n) is 5.14. The first kappa shape index (κ1) is 16.9. The van der Waals surface area contributed by atoms with Crippen LogP contribution in [-0.2, 0) is 0 Å². The number of benzene rings is 2. The molecule has 1 saturated heterocycles. The Morgan fingerprint density at radius 2 is 1.42 bits per heavy atom. The molecule has 0 unspecified atom stereocenters. The number of quaternary nitrogens is 2. The molecule has 1 atom stereocenters. The predicted molar refractivity (Wildman–Crippen MR) is 101 cm³/mol. The van der Waals surface area contributed by atoms with Crippen molar-refractivity contribution in [1.82, 2.24) is 0 Å². The van der Waals surface area contributed by atoms with Gasteiger partial charge in [-0.1, -0.05) is 73.7 Å². The predicted octanol–water partition coefficient (Wildman–Crippen LogP) is 1.29. The van der Waals surface area contributed by atoms with Crippen molar-refractivity contribution in [2.45, 2.75) is 12.8 Å². The fraction of sp³-hybridized carbons (Fsp3) is 0.364. The summed E-state index contributed by atoms with van der Waals surface area (Å²) in [6.07, 6.45) is 4.59. The van der Waals surface area contributed by atoms with Gasteiger partial charge in [-0.3, -0.25) is 0 Å². The summed E-state index contributed by atoms with van der Waals surface area (Å²) >= 11 is 0. The third kappa shape index (κ3) is 5.05. The molecule has 2 N–H and O–H groups in total. The second kappa shape index (κ2) is 8.81. The molecule has 0 aliphatic carbocycles. The maximum atomic E-state index is 2.37. The summed E-state index contributed by atoms with van der Waals surface area (Å²) in [7, 11) is 0. The normalized spacial score (nSPS) is 22.5. The summed E-state index contributed by atoms with van der Waals surface area (Å²) in [5, 5.41) is 0. The summed E-state index contributed by atoms with van der Waals surface area (Å²) in [4.78, 5) is 3.49. The van der Waals surface area contributed by atoms with Gasteiger partial charge in [0.15, 0.2) is 0 Å². The second-order valence-electron chi connectivity index (χ2n) is 7.03. The summed E-state index contributed by atoms with van der Waals surface area (Å²) in [6, 6.07) is 21.5. The van der Waals surface area contributed by atoms with Gasteiger partial charge in [0.05, 0.1) is 13.1 Å². The van der Waals surface area contributed by atoms with Crippen LogP contribution in [0.3, 0.4) is 0 Å². The van der Waals surface area contributed by atoms with Gasteiger partial charge in [-0.15, -0.1) is 0 Å². The molecule has 24 heavy (non-hydrogen) atoms. The average molecular weight is 322 g/mol. The van der Waals surface area contributed by atoms with Crippen molar-refractivity contribution in [2.75, 3.05) is 39.3 Å². The van der Waals surface area contributed by atoms with Crippen LogP contribution in [-0.4, -0.2) is 39.3 Å². The number of piperazine rings is 1. The van der Waals surface area contributed by atoms with E-state index in [0.717, 1.165) is 6.54 Å². The SMILES string of the molecule is C[C@@H](C[NH+]1CC[NH+](C/C=C/c2ccccc2)CC1)c1ccccc1. The summed E-state index contributed by atoms with van der Waals surface area (Å²) in [5.41, 5.74) is 2.78. The van der Waals surface area contributed by atoms with E-state index in [1.165, 1.54) is 43.9 Å². The molecule has 0 radical (unpaired) electrons. The van der Waals surface area contributed by atoms with Gasteiger partial charge in [0.1, 0.15) is 26.2 Å². The van der Waals surface area contributed by atoms with Crippen LogP contribution in [0.15, 0.2) is 66.7 Å². The zero-order chi connectivity index (χ0) is 16.6. The van der Waals surface area contributed by atoms with Crippen molar-refractivity contribution in [2.24, 2.45) is 0 Å². The minimum atomic E-state index is 0.653. The van der Waals surface area contributed by atoms with E-state index in [1.807, 2.05) is 0 Å². The highest BCUT2D eigenvalue weighted by Crippen LogP contribution is 2.11. The van der Waals surface area contributed by atoms with E-state index in [2.05, 4.69) is 79.7 Å². The lowest BCUT2D eigenvalue weighted by molar-refractivity contribution is -1.01. The fourth-order valence-electron chi connectivity index (χ4n) is 3.62. The molecule has 1 aliphatic heterocycles. The standard InChI is InChI=1S/C22H28N2/c1-20(22-12-6-3-7-13-22)19-24-17-15-23(16-18-24)14-8-11-21-9-4-2-5-10-21/h2-13,20H,14-19H2,1H3/p+2/b11-8+/t20-/m0/s1.